The Bertz CT molecular complexity index is 468. The van der Waals surface area contributed by atoms with Crippen LogP contribution in [0.15, 0.2) is 24.4 Å². The Kier molecular flexibility index (Phi) is 2.31. The van der Waals surface area contributed by atoms with E-state index in [4.69, 9.17) is 0 Å². The third-order valence-corrected chi connectivity index (χ3v) is 2.37. The lowest BCUT2D eigenvalue weighted by Gasteiger charge is -1.98. The van der Waals surface area contributed by atoms with Crippen LogP contribution in [0.2, 0.25) is 0 Å². The van der Waals surface area contributed by atoms with E-state index in [0.717, 1.165) is 23.1 Å². The number of hydrogen-bond donors (Lipinski definition) is 1. The van der Waals surface area contributed by atoms with Crippen LogP contribution in [0.1, 0.15) is 26.0 Å². The summed E-state index contributed by atoms with van der Waals surface area (Å²) in [7, 11) is 0. The summed E-state index contributed by atoms with van der Waals surface area (Å²) in [6, 6.07) is 3.98. The molecule has 0 atom stereocenters. The molecule has 1 N–H and O–H groups in total. The lowest BCUT2D eigenvalue weighted by atomic mass is 10.1. The molecule has 0 radical (unpaired) electrons. The monoisotopic (exact) mass is 187 g/mol. The third-order valence-electron chi connectivity index (χ3n) is 2.37. The van der Waals surface area contributed by atoms with Crippen LogP contribution >= 0.6 is 0 Å². The van der Waals surface area contributed by atoms with Crippen molar-refractivity contribution in [3.8, 4) is 0 Å². The van der Waals surface area contributed by atoms with Crippen molar-refractivity contribution in [2.45, 2.75) is 20.3 Å². The summed E-state index contributed by atoms with van der Waals surface area (Å²) in [6.07, 6.45) is 4.86. The minimum absolute atomic E-state index is 0.857. The quantitative estimate of drug-likeness (QED) is 0.785. The van der Waals surface area contributed by atoms with E-state index in [1.54, 1.807) is 6.20 Å². The van der Waals surface area contributed by atoms with E-state index in [1.165, 1.54) is 5.57 Å². The van der Waals surface area contributed by atoms with Crippen molar-refractivity contribution in [2.24, 2.45) is 0 Å². The van der Waals surface area contributed by atoms with E-state index in [9.17, 15) is 0 Å². The van der Waals surface area contributed by atoms with Gasteiger partial charge in [-0.25, -0.2) is 4.98 Å². The molecule has 14 heavy (non-hydrogen) atoms. The van der Waals surface area contributed by atoms with Gasteiger partial charge in [-0.3, -0.25) is 5.10 Å². The van der Waals surface area contributed by atoms with Gasteiger partial charge < -0.3 is 0 Å². The summed E-state index contributed by atoms with van der Waals surface area (Å²) < 4.78 is 0. The highest BCUT2D eigenvalue weighted by Gasteiger charge is 2.07. The van der Waals surface area contributed by atoms with Gasteiger partial charge in [0.05, 0.1) is 5.69 Å². The molecule has 0 saturated heterocycles. The van der Waals surface area contributed by atoms with Gasteiger partial charge in [0.15, 0.2) is 5.65 Å². The minimum atomic E-state index is 0.857. The van der Waals surface area contributed by atoms with Crippen LogP contribution in [0, 0.1) is 0 Å². The van der Waals surface area contributed by atoms with Crippen molar-refractivity contribution >= 4 is 16.6 Å². The van der Waals surface area contributed by atoms with E-state index in [1.807, 2.05) is 19.1 Å². The van der Waals surface area contributed by atoms with E-state index < -0.39 is 0 Å². The molecule has 2 rings (SSSR count). The second kappa shape index (κ2) is 3.62. The number of H-pyrrole nitrogens is 1. The van der Waals surface area contributed by atoms with Gasteiger partial charge in [0.2, 0.25) is 0 Å². The molecule has 0 aliphatic heterocycles. The van der Waals surface area contributed by atoms with Crippen molar-refractivity contribution in [2.75, 3.05) is 0 Å². The molecule has 2 aromatic rings. The first-order valence-electron chi connectivity index (χ1n) is 4.81. The predicted octanol–water partition coefficient (Wildman–Crippen LogP) is 2.77. The average Bonchev–Trinajstić information content (AvgIpc) is 2.65. The zero-order chi connectivity index (χ0) is 9.97. The largest absolute Gasteiger partial charge is 0.260 e. The van der Waals surface area contributed by atoms with Crippen LogP contribution in [-0.4, -0.2) is 15.2 Å². The van der Waals surface area contributed by atoms with Gasteiger partial charge in [0.1, 0.15) is 0 Å². The molecular weight excluding hydrogens is 174 g/mol. The van der Waals surface area contributed by atoms with E-state index in [-0.39, 0.29) is 0 Å². The Balaban J connectivity index is 2.63. The van der Waals surface area contributed by atoms with Gasteiger partial charge >= 0.3 is 0 Å². The number of nitrogens with one attached hydrogen (secondary N) is 1. The van der Waals surface area contributed by atoms with Crippen LogP contribution in [-0.2, 0) is 0 Å². The molecule has 0 saturated carbocycles. The number of aromatic amines is 1. The van der Waals surface area contributed by atoms with Crippen molar-refractivity contribution in [3.05, 3.63) is 30.1 Å². The molecular formula is C11H13N3. The number of rotatable bonds is 2. The topological polar surface area (TPSA) is 41.6 Å². The van der Waals surface area contributed by atoms with Crippen molar-refractivity contribution in [3.63, 3.8) is 0 Å². The van der Waals surface area contributed by atoms with E-state index in [2.05, 4.69) is 28.2 Å². The summed E-state index contributed by atoms with van der Waals surface area (Å²) in [5, 5.41) is 8.32. The highest BCUT2D eigenvalue weighted by Crippen LogP contribution is 2.22. The Morgan fingerprint density at radius 2 is 2.43 bits per heavy atom. The molecule has 0 amide bonds. The van der Waals surface area contributed by atoms with Gasteiger partial charge in [0, 0.05) is 11.6 Å². The second-order valence-corrected chi connectivity index (χ2v) is 3.14. The summed E-state index contributed by atoms with van der Waals surface area (Å²) in [4.78, 5) is 4.21. The number of nitrogens with zero attached hydrogens (tertiary/aromatic N) is 2. The number of hydrogen-bond acceptors (Lipinski definition) is 2. The highest BCUT2D eigenvalue weighted by molar-refractivity contribution is 5.87. The summed E-state index contributed by atoms with van der Waals surface area (Å²) >= 11 is 0. The normalized spacial score (nSPS) is 12.3. The zero-order valence-electron chi connectivity index (χ0n) is 8.41. The maximum atomic E-state index is 4.28. The van der Waals surface area contributed by atoms with E-state index in [0.29, 0.717) is 0 Å². The van der Waals surface area contributed by atoms with Crippen LogP contribution in [0.4, 0.5) is 0 Å². The van der Waals surface area contributed by atoms with Gasteiger partial charge in [-0.05, 0) is 31.1 Å². The SMILES string of the molecule is C/C=C(\CC)c1n[nH]c2ncccc12. The number of allylic oxidation sites excluding steroid dienone is 2. The smallest absolute Gasteiger partial charge is 0.155 e. The van der Waals surface area contributed by atoms with Gasteiger partial charge in [-0.15, -0.1) is 0 Å². The molecule has 72 valence electrons. The van der Waals surface area contributed by atoms with Crippen LogP contribution in [0.3, 0.4) is 0 Å². The molecule has 2 heterocycles. The fourth-order valence-corrected chi connectivity index (χ4v) is 1.61. The Morgan fingerprint density at radius 3 is 3.14 bits per heavy atom. The third kappa shape index (κ3) is 1.31. The van der Waals surface area contributed by atoms with E-state index >= 15 is 0 Å². The maximum Gasteiger partial charge on any atom is 0.155 e. The molecule has 2 aromatic heterocycles. The molecule has 0 aliphatic rings. The Labute approximate surface area is 82.9 Å². The summed E-state index contributed by atoms with van der Waals surface area (Å²) in [6.45, 7) is 4.17. The number of pyridine rings is 1. The molecule has 3 heteroatoms. The van der Waals surface area contributed by atoms with Crippen molar-refractivity contribution in [1.29, 1.82) is 0 Å². The summed E-state index contributed by atoms with van der Waals surface area (Å²) in [5.41, 5.74) is 3.14. The molecule has 0 bridgehead atoms. The van der Waals surface area contributed by atoms with Crippen LogP contribution in [0.25, 0.3) is 16.6 Å². The molecule has 0 spiro atoms. The first-order chi connectivity index (χ1) is 6.86. The lowest BCUT2D eigenvalue weighted by molar-refractivity contribution is 1.06. The van der Waals surface area contributed by atoms with Crippen LogP contribution < -0.4 is 0 Å². The first-order valence-corrected chi connectivity index (χ1v) is 4.81. The summed E-state index contributed by atoms with van der Waals surface area (Å²) in [5.74, 6) is 0. The second-order valence-electron chi connectivity index (χ2n) is 3.14. The highest BCUT2D eigenvalue weighted by atomic mass is 15.1. The van der Waals surface area contributed by atoms with Gasteiger partial charge in [0.25, 0.3) is 0 Å². The van der Waals surface area contributed by atoms with Crippen molar-refractivity contribution < 1.29 is 0 Å². The zero-order valence-corrected chi connectivity index (χ0v) is 8.41. The molecule has 0 aliphatic carbocycles. The number of fused-ring (bicyclic) bond motifs is 1. The minimum Gasteiger partial charge on any atom is -0.260 e. The fraction of sp³-hybridized carbons (Fsp3) is 0.273. The van der Waals surface area contributed by atoms with Crippen molar-refractivity contribution in [1.82, 2.24) is 15.2 Å². The Hall–Kier alpha value is -1.64. The standard InChI is InChI=1S/C11H13N3/c1-3-8(4-2)10-9-6-5-7-12-11(9)14-13-10/h3,5-7H,4H2,1-2H3,(H,12,13,14)/b8-3+. The predicted molar refractivity (Wildman–Crippen MR) is 57.8 cm³/mol. The first kappa shape index (κ1) is 8.94. The molecule has 3 nitrogen and oxygen atoms in total. The molecule has 0 fully saturated rings. The number of aromatic nitrogens is 3. The van der Waals surface area contributed by atoms with Gasteiger partial charge in [-0.2, -0.15) is 5.10 Å². The van der Waals surface area contributed by atoms with Crippen LogP contribution in [0.5, 0.6) is 0 Å². The van der Waals surface area contributed by atoms with Gasteiger partial charge in [-0.1, -0.05) is 13.0 Å². The Morgan fingerprint density at radius 1 is 1.57 bits per heavy atom. The average molecular weight is 187 g/mol. The lowest BCUT2D eigenvalue weighted by Crippen LogP contribution is -1.83. The fourth-order valence-electron chi connectivity index (χ4n) is 1.61. The molecule has 0 aromatic carbocycles. The maximum absolute atomic E-state index is 4.28. The molecule has 0 unspecified atom stereocenters.